The van der Waals surface area contributed by atoms with Crippen LogP contribution in [0.15, 0.2) is 41.6 Å². The molecule has 1 amide bonds. The van der Waals surface area contributed by atoms with Crippen LogP contribution in [0.5, 0.6) is 0 Å². The van der Waals surface area contributed by atoms with E-state index in [1.54, 1.807) is 18.3 Å². The normalized spacial score (nSPS) is 19.1. The Labute approximate surface area is 158 Å². The molecule has 3 heterocycles. The average molecular weight is 389 g/mol. The summed E-state index contributed by atoms with van der Waals surface area (Å²) in [5, 5.41) is -0.309. The van der Waals surface area contributed by atoms with Crippen molar-refractivity contribution in [3.05, 3.63) is 42.1 Å². The van der Waals surface area contributed by atoms with Crippen LogP contribution in [0.4, 0.5) is 11.6 Å². The Kier molecular flexibility index (Phi) is 4.81. The van der Waals surface area contributed by atoms with Gasteiger partial charge in [-0.15, -0.1) is 0 Å². The molecule has 3 rings (SSSR count). The fraction of sp³-hybridized carbons (Fsp3) is 0.389. The summed E-state index contributed by atoms with van der Waals surface area (Å²) in [6.07, 6.45) is 2.56. The third kappa shape index (κ3) is 3.59. The Morgan fingerprint density at radius 2 is 2.04 bits per heavy atom. The topological polar surface area (TPSA) is 118 Å². The molecule has 27 heavy (non-hydrogen) atoms. The third-order valence-corrected chi connectivity index (χ3v) is 6.45. The second-order valence-corrected chi connectivity index (χ2v) is 8.83. The lowest BCUT2D eigenvalue weighted by Crippen LogP contribution is -2.43. The maximum Gasteiger partial charge on any atom is 0.281 e. The number of rotatable bonds is 4. The molecule has 9 heteroatoms. The summed E-state index contributed by atoms with van der Waals surface area (Å²) in [7, 11) is -4.15. The average Bonchev–Trinajstić information content (AvgIpc) is 2.87. The van der Waals surface area contributed by atoms with E-state index in [1.165, 1.54) is 18.2 Å². The molecule has 1 atom stereocenters. The monoisotopic (exact) mass is 389 g/mol. The summed E-state index contributed by atoms with van der Waals surface area (Å²) in [5.41, 5.74) is 5.55. The lowest BCUT2D eigenvalue weighted by Gasteiger charge is -2.36. The van der Waals surface area contributed by atoms with Crippen molar-refractivity contribution >= 4 is 27.6 Å². The van der Waals surface area contributed by atoms with Crippen LogP contribution in [0.2, 0.25) is 0 Å². The van der Waals surface area contributed by atoms with E-state index in [4.69, 9.17) is 5.73 Å². The van der Waals surface area contributed by atoms with Crippen LogP contribution in [-0.4, -0.2) is 36.4 Å². The number of nitrogens with two attached hydrogens (primary N) is 1. The Morgan fingerprint density at radius 3 is 2.67 bits per heavy atom. The van der Waals surface area contributed by atoms with Crippen LogP contribution >= 0.6 is 0 Å². The van der Waals surface area contributed by atoms with Crippen molar-refractivity contribution in [1.82, 2.24) is 14.7 Å². The van der Waals surface area contributed by atoms with Gasteiger partial charge in [0.25, 0.3) is 15.9 Å². The van der Waals surface area contributed by atoms with Crippen molar-refractivity contribution in [2.45, 2.75) is 37.8 Å². The number of hydrogen-bond acceptors (Lipinski definition) is 7. The highest BCUT2D eigenvalue weighted by atomic mass is 32.2. The molecular formula is C18H23N5O3S. The van der Waals surface area contributed by atoms with Crippen LogP contribution in [0.3, 0.4) is 0 Å². The number of carbonyl (C=O) groups excluding carboxylic acids is 1. The van der Waals surface area contributed by atoms with Gasteiger partial charge in [0.1, 0.15) is 11.6 Å². The van der Waals surface area contributed by atoms with Gasteiger partial charge in [0.15, 0.2) is 5.03 Å². The predicted octanol–water partition coefficient (Wildman–Crippen LogP) is 1.80. The van der Waals surface area contributed by atoms with Crippen LogP contribution < -0.4 is 15.4 Å². The van der Waals surface area contributed by atoms with Gasteiger partial charge in [-0.1, -0.05) is 13.0 Å². The van der Waals surface area contributed by atoms with E-state index in [0.717, 1.165) is 13.0 Å². The van der Waals surface area contributed by atoms with Crippen molar-refractivity contribution in [2.75, 3.05) is 17.2 Å². The number of sulfonamides is 1. The van der Waals surface area contributed by atoms with E-state index in [2.05, 4.69) is 40.4 Å². The van der Waals surface area contributed by atoms with Gasteiger partial charge >= 0.3 is 0 Å². The van der Waals surface area contributed by atoms with Crippen LogP contribution in [0.1, 0.15) is 37.6 Å². The summed E-state index contributed by atoms with van der Waals surface area (Å²) in [6.45, 7) is 7.08. The number of hydrogen-bond donors (Lipinski definition) is 2. The van der Waals surface area contributed by atoms with Crippen molar-refractivity contribution in [2.24, 2.45) is 5.92 Å². The van der Waals surface area contributed by atoms with Crippen molar-refractivity contribution < 1.29 is 13.2 Å². The number of carbonyl (C=O) groups is 1. The molecule has 1 unspecified atom stereocenters. The number of aromatic nitrogens is 2. The number of anilines is 2. The van der Waals surface area contributed by atoms with Gasteiger partial charge in [-0.25, -0.2) is 14.7 Å². The highest BCUT2D eigenvalue weighted by molar-refractivity contribution is 7.90. The lowest BCUT2D eigenvalue weighted by atomic mass is 9.90. The SMILES string of the molecule is CC1CCN(c2ncccc2C(=O)NS(=O)(=O)c2cccc(N)n2)C1(C)C. The molecule has 0 bridgehead atoms. The fourth-order valence-corrected chi connectivity index (χ4v) is 4.15. The summed E-state index contributed by atoms with van der Waals surface area (Å²) in [6, 6.07) is 7.39. The first-order valence-electron chi connectivity index (χ1n) is 8.65. The van der Waals surface area contributed by atoms with Gasteiger partial charge in [0.05, 0.1) is 5.56 Å². The number of amides is 1. The van der Waals surface area contributed by atoms with Crippen LogP contribution in [-0.2, 0) is 10.0 Å². The maximum absolute atomic E-state index is 12.8. The third-order valence-electron chi connectivity index (χ3n) is 5.22. The highest BCUT2D eigenvalue weighted by Crippen LogP contribution is 2.38. The van der Waals surface area contributed by atoms with Gasteiger partial charge < -0.3 is 10.6 Å². The quantitative estimate of drug-likeness (QED) is 0.818. The molecule has 1 fully saturated rings. The molecule has 2 aromatic rings. The second kappa shape index (κ2) is 6.80. The second-order valence-electron chi connectivity index (χ2n) is 7.20. The van der Waals surface area contributed by atoms with Gasteiger partial charge in [-0.3, -0.25) is 4.79 Å². The molecule has 2 aromatic heterocycles. The van der Waals surface area contributed by atoms with E-state index < -0.39 is 15.9 Å². The van der Waals surface area contributed by atoms with Crippen LogP contribution in [0.25, 0.3) is 0 Å². The largest absolute Gasteiger partial charge is 0.384 e. The highest BCUT2D eigenvalue weighted by Gasteiger charge is 2.40. The van der Waals surface area contributed by atoms with Gasteiger partial charge in [-0.05, 0) is 50.5 Å². The summed E-state index contributed by atoms with van der Waals surface area (Å²) >= 11 is 0. The van der Waals surface area contributed by atoms with Crippen LogP contribution in [0, 0.1) is 5.92 Å². The zero-order chi connectivity index (χ0) is 19.8. The van der Waals surface area contributed by atoms with Crippen molar-refractivity contribution in [3.8, 4) is 0 Å². The lowest BCUT2D eigenvalue weighted by molar-refractivity contribution is 0.0981. The number of nitrogens with one attached hydrogen (secondary N) is 1. The number of nitrogen functional groups attached to an aromatic ring is 1. The smallest absolute Gasteiger partial charge is 0.281 e. The molecule has 1 saturated heterocycles. The Bertz CT molecular complexity index is 974. The standard InChI is InChI=1S/C18H23N5O3S/c1-12-9-11-23(18(12,2)3)16-13(6-5-10-20-16)17(24)22-27(25,26)15-8-4-7-14(19)21-15/h4-8,10,12H,9,11H2,1-3H3,(H2,19,21)(H,22,24). The van der Waals surface area contributed by atoms with Crippen molar-refractivity contribution in [3.63, 3.8) is 0 Å². The first-order valence-corrected chi connectivity index (χ1v) is 10.1. The molecule has 8 nitrogen and oxygen atoms in total. The minimum absolute atomic E-state index is 0.0557. The molecule has 3 N–H and O–H groups in total. The molecule has 144 valence electrons. The summed E-state index contributed by atoms with van der Waals surface area (Å²) in [5.74, 6) is 0.189. The Hall–Kier alpha value is -2.68. The number of pyridine rings is 2. The van der Waals surface area contributed by atoms with E-state index in [9.17, 15) is 13.2 Å². The van der Waals surface area contributed by atoms with Gasteiger partial charge in [-0.2, -0.15) is 8.42 Å². The molecule has 1 aliphatic heterocycles. The Morgan fingerprint density at radius 1 is 1.30 bits per heavy atom. The first-order chi connectivity index (χ1) is 12.6. The van der Waals surface area contributed by atoms with E-state index in [-0.39, 0.29) is 21.9 Å². The van der Waals surface area contributed by atoms with Crippen molar-refractivity contribution in [1.29, 1.82) is 0 Å². The van der Waals surface area contributed by atoms with E-state index >= 15 is 0 Å². The fourth-order valence-electron chi connectivity index (χ4n) is 3.21. The molecule has 0 radical (unpaired) electrons. The minimum atomic E-state index is -4.15. The van der Waals surface area contributed by atoms with Gasteiger partial charge in [0, 0.05) is 18.3 Å². The Balaban J connectivity index is 1.93. The molecular weight excluding hydrogens is 366 g/mol. The summed E-state index contributed by atoms with van der Waals surface area (Å²) < 4.78 is 27.1. The predicted molar refractivity (Wildman–Crippen MR) is 103 cm³/mol. The van der Waals surface area contributed by atoms with Gasteiger partial charge in [0.2, 0.25) is 0 Å². The zero-order valence-corrected chi connectivity index (χ0v) is 16.3. The minimum Gasteiger partial charge on any atom is -0.384 e. The number of nitrogens with zero attached hydrogens (tertiary/aromatic N) is 3. The molecule has 1 aliphatic rings. The molecule has 0 saturated carbocycles. The molecule has 0 aliphatic carbocycles. The molecule has 0 spiro atoms. The maximum atomic E-state index is 12.8. The van der Waals surface area contributed by atoms with E-state index in [0.29, 0.717) is 11.7 Å². The van der Waals surface area contributed by atoms with E-state index in [1.807, 2.05) is 0 Å². The molecule has 0 aromatic carbocycles. The first kappa shape index (κ1) is 19.1. The summed E-state index contributed by atoms with van der Waals surface area (Å²) in [4.78, 5) is 23.0. The zero-order valence-electron chi connectivity index (χ0n) is 15.5.